The van der Waals surface area contributed by atoms with E-state index in [1.165, 1.54) is 0 Å². The Bertz CT molecular complexity index is 627. The molecule has 1 aliphatic rings. The van der Waals surface area contributed by atoms with Gasteiger partial charge in [0.2, 0.25) is 5.91 Å². The molecule has 1 amide bonds. The van der Waals surface area contributed by atoms with Crippen molar-refractivity contribution in [1.29, 1.82) is 0 Å². The Morgan fingerprint density at radius 2 is 1.83 bits per heavy atom. The fourth-order valence-corrected chi connectivity index (χ4v) is 4.42. The number of benzene rings is 1. The third-order valence-electron chi connectivity index (χ3n) is 5.49. The molecule has 0 saturated carbocycles. The summed E-state index contributed by atoms with van der Waals surface area (Å²) in [7, 11) is -1.93. The first-order valence-electron chi connectivity index (χ1n) is 8.58. The van der Waals surface area contributed by atoms with Crippen molar-refractivity contribution in [2.45, 2.75) is 63.9 Å². The summed E-state index contributed by atoms with van der Waals surface area (Å²) in [4.78, 5) is 12.2. The van der Waals surface area contributed by atoms with Crippen molar-refractivity contribution in [3.05, 3.63) is 35.9 Å². The van der Waals surface area contributed by atoms with Gasteiger partial charge < -0.3 is 9.74 Å². The minimum absolute atomic E-state index is 0.0439. The number of rotatable bonds is 5. The molecule has 0 aromatic heterocycles. The van der Waals surface area contributed by atoms with Crippen LogP contribution in [0.15, 0.2) is 30.3 Å². The van der Waals surface area contributed by atoms with Crippen LogP contribution in [0.2, 0.25) is 18.1 Å². The number of hydrogen-bond acceptors (Lipinski definition) is 2. The molecule has 130 valence electrons. The molecule has 3 nitrogen and oxygen atoms in total. The Morgan fingerprint density at radius 3 is 2.29 bits per heavy atom. The van der Waals surface area contributed by atoms with Crippen LogP contribution in [-0.4, -0.2) is 26.4 Å². The summed E-state index contributed by atoms with van der Waals surface area (Å²) in [5.74, 6) is 2.58. The molecular weight excluding hydrogens is 314 g/mol. The van der Waals surface area contributed by atoms with Crippen LogP contribution < -0.4 is 5.32 Å². The molecule has 0 bridgehead atoms. The molecule has 4 atom stereocenters. The van der Waals surface area contributed by atoms with Crippen LogP contribution in [0.4, 0.5) is 0 Å². The van der Waals surface area contributed by atoms with E-state index in [0.29, 0.717) is 0 Å². The molecule has 1 saturated heterocycles. The third kappa shape index (κ3) is 3.58. The van der Waals surface area contributed by atoms with Crippen LogP contribution in [0, 0.1) is 18.3 Å². The summed E-state index contributed by atoms with van der Waals surface area (Å²) in [5, 5.41) is 3.11. The largest absolute Gasteiger partial charge is 0.413 e. The minimum Gasteiger partial charge on any atom is -0.413 e. The van der Waals surface area contributed by atoms with Crippen molar-refractivity contribution in [1.82, 2.24) is 5.32 Å². The van der Waals surface area contributed by atoms with E-state index in [1.807, 2.05) is 37.3 Å². The summed E-state index contributed by atoms with van der Waals surface area (Å²) < 4.78 is 6.45. The van der Waals surface area contributed by atoms with E-state index in [-0.39, 0.29) is 34.9 Å². The molecule has 0 aliphatic carbocycles. The summed E-state index contributed by atoms with van der Waals surface area (Å²) in [6, 6.07) is 9.90. The van der Waals surface area contributed by atoms with Crippen molar-refractivity contribution in [3.8, 4) is 12.3 Å². The van der Waals surface area contributed by atoms with E-state index < -0.39 is 8.32 Å². The SMILES string of the molecule is C#C[C@H](c1ccccc1)[C@H]1NC(=O)[C@@H]1[C@@H](C)O[Si](C)(C)C(C)(C)C. The van der Waals surface area contributed by atoms with Crippen molar-refractivity contribution in [3.63, 3.8) is 0 Å². The maximum atomic E-state index is 12.2. The topological polar surface area (TPSA) is 38.3 Å². The lowest BCUT2D eigenvalue weighted by atomic mass is 9.76. The molecule has 1 aromatic rings. The second-order valence-electron chi connectivity index (χ2n) is 8.20. The van der Waals surface area contributed by atoms with Crippen molar-refractivity contribution < 1.29 is 9.22 Å². The fraction of sp³-hybridized carbons (Fsp3) is 0.550. The molecule has 1 fully saturated rings. The molecule has 1 aromatic carbocycles. The van der Waals surface area contributed by atoms with Crippen molar-refractivity contribution >= 4 is 14.2 Å². The maximum Gasteiger partial charge on any atom is 0.228 e. The summed E-state index contributed by atoms with van der Waals surface area (Å²) in [6.45, 7) is 13.1. The average Bonchev–Trinajstić information content (AvgIpc) is 2.46. The van der Waals surface area contributed by atoms with Gasteiger partial charge in [0, 0.05) is 0 Å². The van der Waals surface area contributed by atoms with E-state index in [9.17, 15) is 4.79 Å². The van der Waals surface area contributed by atoms with Gasteiger partial charge in [0.25, 0.3) is 0 Å². The van der Waals surface area contributed by atoms with Gasteiger partial charge in [0.15, 0.2) is 8.32 Å². The molecule has 2 rings (SSSR count). The maximum absolute atomic E-state index is 12.2. The van der Waals surface area contributed by atoms with E-state index in [1.54, 1.807) is 0 Å². The predicted molar refractivity (Wildman–Crippen MR) is 101 cm³/mol. The van der Waals surface area contributed by atoms with E-state index >= 15 is 0 Å². The van der Waals surface area contributed by atoms with E-state index in [0.717, 1.165) is 5.56 Å². The Hall–Kier alpha value is -1.57. The lowest BCUT2D eigenvalue weighted by Crippen LogP contribution is -2.65. The molecular formula is C20H29NO2Si. The summed E-state index contributed by atoms with van der Waals surface area (Å²) in [5.41, 5.74) is 1.06. The number of nitrogens with one attached hydrogen (secondary N) is 1. The average molecular weight is 344 g/mol. The van der Waals surface area contributed by atoms with E-state index in [4.69, 9.17) is 10.8 Å². The zero-order valence-electron chi connectivity index (χ0n) is 15.6. The molecule has 0 spiro atoms. The first-order valence-corrected chi connectivity index (χ1v) is 11.5. The lowest BCUT2D eigenvalue weighted by molar-refractivity contribution is -0.140. The van der Waals surface area contributed by atoms with Crippen molar-refractivity contribution in [2.75, 3.05) is 0 Å². The molecule has 24 heavy (non-hydrogen) atoms. The number of carbonyl (C=O) groups excluding carboxylic acids is 1. The first-order chi connectivity index (χ1) is 11.1. The first kappa shape index (κ1) is 18.8. The summed E-state index contributed by atoms with van der Waals surface area (Å²) in [6.07, 6.45) is 5.65. The number of terminal acetylenes is 1. The predicted octanol–water partition coefficient (Wildman–Crippen LogP) is 3.93. The number of carbonyl (C=O) groups is 1. The molecule has 0 unspecified atom stereocenters. The van der Waals surface area contributed by atoms with Gasteiger partial charge in [0.05, 0.1) is 24.0 Å². The monoisotopic (exact) mass is 343 g/mol. The molecule has 4 heteroatoms. The zero-order chi connectivity index (χ0) is 18.1. The lowest BCUT2D eigenvalue weighted by Gasteiger charge is -2.47. The standard InChI is InChI=1S/C20H29NO2Si/c1-8-16(15-12-10-9-11-13-15)18-17(19(22)21-18)14(2)23-24(6,7)20(3,4)5/h1,9-14,16-18H,2-7H3,(H,21,22)/t14-,16-,17-,18-/m1/s1. The quantitative estimate of drug-likeness (QED) is 0.500. The van der Waals surface area contributed by atoms with Crippen LogP contribution in [0.1, 0.15) is 39.2 Å². The molecule has 1 N–H and O–H groups in total. The van der Waals surface area contributed by atoms with Gasteiger partial charge in [-0.15, -0.1) is 6.42 Å². The molecule has 1 heterocycles. The number of hydrogen-bond donors (Lipinski definition) is 1. The van der Waals surface area contributed by atoms with Gasteiger partial charge >= 0.3 is 0 Å². The van der Waals surface area contributed by atoms with Gasteiger partial charge in [-0.3, -0.25) is 4.79 Å². The Kier molecular flexibility index (Phi) is 5.27. The fourth-order valence-electron chi connectivity index (χ4n) is 3.00. The highest BCUT2D eigenvalue weighted by atomic mass is 28.4. The minimum atomic E-state index is -1.93. The van der Waals surface area contributed by atoms with Gasteiger partial charge in [-0.05, 0) is 30.6 Å². The highest BCUT2D eigenvalue weighted by molar-refractivity contribution is 6.74. The van der Waals surface area contributed by atoms with Gasteiger partial charge in [-0.2, -0.15) is 0 Å². The van der Waals surface area contributed by atoms with E-state index in [2.05, 4.69) is 45.1 Å². The van der Waals surface area contributed by atoms with Crippen LogP contribution in [0.3, 0.4) is 0 Å². The van der Waals surface area contributed by atoms with Crippen LogP contribution in [0.5, 0.6) is 0 Å². The molecule has 1 aliphatic heterocycles. The number of amides is 1. The van der Waals surface area contributed by atoms with Crippen LogP contribution in [0.25, 0.3) is 0 Å². The Balaban J connectivity index is 2.17. The van der Waals surface area contributed by atoms with Gasteiger partial charge in [-0.1, -0.05) is 57.0 Å². The summed E-state index contributed by atoms with van der Waals surface area (Å²) >= 11 is 0. The number of β-lactam (4-membered cyclic amide) rings is 1. The van der Waals surface area contributed by atoms with Gasteiger partial charge in [-0.25, -0.2) is 0 Å². The van der Waals surface area contributed by atoms with Crippen LogP contribution in [-0.2, 0) is 9.22 Å². The highest BCUT2D eigenvalue weighted by Gasteiger charge is 2.49. The Morgan fingerprint density at radius 1 is 1.25 bits per heavy atom. The van der Waals surface area contributed by atoms with Crippen LogP contribution >= 0.6 is 0 Å². The Labute approximate surface area is 147 Å². The van der Waals surface area contributed by atoms with Crippen molar-refractivity contribution in [2.24, 2.45) is 5.92 Å². The third-order valence-corrected chi connectivity index (χ3v) is 10.1. The normalized spacial score (nSPS) is 23.6. The smallest absolute Gasteiger partial charge is 0.228 e. The molecule has 0 radical (unpaired) electrons. The second kappa shape index (κ2) is 6.74. The highest BCUT2D eigenvalue weighted by Crippen LogP contribution is 2.40. The van der Waals surface area contributed by atoms with Gasteiger partial charge in [0.1, 0.15) is 0 Å². The zero-order valence-corrected chi connectivity index (χ0v) is 16.6. The second-order valence-corrected chi connectivity index (χ2v) is 13.0.